The first-order valence-corrected chi connectivity index (χ1v) is 6.82. The van der Waals surface area contributed by atoms with Gasteiger partial charge in [0.15, 0.2) is 11.6 Å². The minimum Gasteiger partial charge on any atom is -0.491 e. The number of hydrogen-bond acceptors (Lipinski definition) is 3. The zero-order valence-electron chi connectivity index (χ0n) is 9.75. The van der Waals surface area contributed by atoms with E-state index in [1.165, 1.54) is 6.07 Å². The van der Waals surface area contributed by atoms with Crippen LogP contribution in [-0.2, 0) is 0 Å². The highest BCUT2D eigenvalue weighted by Gasteiger charge is 2.03. The van der Waals surface area contributed by atoms with Gasteiger partial charge in [0.2, 0.25) is 0 Å². The van der Waals surface area contributed by atoms with E-state index in [2.05, 4.69) is 11.6 Å². The second kappa shape index (κ2) is 7.39. The normalized spacial score (nSPS) is 10.2. The fourth-order valence-corrected chi connectivity index (χ4v) is 1.77. The van der Waals surface area contributed by atoms with Crippen molar-refractivity contribution in [2.75, 3.05) is 30.5 Å². The van der Waals surface area contributed by atoms with Gasteiger partial charge in [0.1, 0.15) is 0 Å². The molecule has 0 aliphatic heterocycles. The molecular formula is C12H18FNOS. The summed E-state index contributed by atoms with van der Waals surface area (Å²) in [5.74, 6) is 1.13. The maximum atomic E-state index is 13.4. The summed E-state index contributed by atoms with van der Waals surface area (Å²) < 4.78 is 18.6. The van der Waals surface area contributed by atoms with E-state index in [-0.39, 0.29) is 5.82 Å². The molecule has 1 aromatic rings. The van der Waals surface area contributed by atoms with Crippen molar-refractivity contribution in [2.24, 2.45) is 0 Å². The minimum absolute atomic E-state index is 0.309. The van der Waals surface area contributed by atoms with Gasteiger partial charge in [0, 0.05) is 18.3 Å². The highest BCUT2D eigenvalue weighted by molar-refractivity contribution is 7.98. The lowest BCUT2D eigenvalue weighted by Gasteiger charge is -2.08. The van der Waals surface area contributed by atoms with Crippen molar-refractivity contribution in [1.29, 1.82) is 0 Å². The second-order valence-electron chi connectivity index (χ2n) is 3.35. The molecule has 1 N–H and O–H groups in total. The Morgan fingerprint density at radius 1 is 1.44 bits per heavy atom. The van der Waals surface area contributed by atoms with Gasteiger partial charge in [-0.15, -0.1) is 0 Å². The molecule has 1 aromatic carbocycles. The Morgan fingerprint density at radius 3 is 2.88 bits per heavy atom. The maximum absolute atomic E-state index is 13.4. The van der Waals surface area contributed by atoms with Crippen molar-refractivity contribution in [2.45, 2.75) is 13.3 Å². The van der Waals surface area contributed by atoms with Gasteiger partial charge in [-0.3, -0.25) is 0 Å². The quantitative estimate of drug-likeness (QED) is 0.742. The zero-order chi connectivity index (χ0) is 11.8. The molecule has 0 aliphatic carbocycles. The number of nitrogens with one attached hydrogen (secondary N) is 1. The number of ether oxygens (including phenoxy) is 1. The lowest BCUT2D eigenvalue weighted by atomic mass is 10.3. The smallest absolute Gasteiger partial charge is 0.167 e. The molecule has 1 rings (SSSR count). The summed E-state index contributed by atoms with van der Waals surface area (Å²) in [6.07, 6.45) is 3.16. The van der Waals surface area contributed by atoms with Crippen molar-refractivity contribution in [3.8, 4) is 5.75 Å². The lowest BCUT2D eigenvalue weighted by Crippen LogP contribution is -2.03. The second-order valence-corrected chi connectivity index (χ2v) is 4.34. The van der Waals surface area contributed by atoms with Crippen LogP contribution in [0.4, 0.5) is 10.1 Å². The molecule has 0 saturated carbocycles. The molecule has 0 saturated heterocycles. The Labute approximate surface area is 101 Å². The van der Waals surface area contributed by atoms with Crippen LogP contribution in [0.5, 0.6) is 5.75 Å². The van der Waals surface area contributed by atoms with E-state index in [9.17, 15) is 4.39 Å². The van der Waals surface area contributed by atoms with Gasteiger partial charge >= 0.3 is 0 Å². The van der Waals surface area contributed by atoms with Crippen molar-refractivity contribution >= 4 is 17.4 Å². The molecule has 0 aliphatic rings. The number of halogens is 1. The van der Waals surface area contributed by atoms with Crippen LogP contribution in [0.2, 0.25) is 0 Å². The first-order chi connectivity index (χ1) is 7.77. The molecule has 0 aromatic heterocycles. The maximum Gasteiger partial charge on any atom is 0.167 e. The molecule has 0 fully saturated rings. The summed E-state index contributed by atoms with van der Waals surface area (Å²) in [6, 6.07) is 4.98. The number of hydrogen-bond donors (Lipinski definition) is 1. The van der Waals surface area contributed by atoms with Crippen LogP contribution in [0.3, 0.4) is 0 Å². The van der Waals surface area contributed by atoms with Crippen molar-refractivity contribution in [3.63, 3.8) is 0 Å². The molecule has 0 unspecified atom stereocenters. The van der Waals surface area contributed by atoms with Gasteiger partial charge in [-0.2, -0.15) is 11.8 Å². The molecule has 0 spiro atoms. The van der Waals surface area contributed by atoms with E-state index >= 15 is 0 Å². The number of benzene rings is 1. The van der Waals surface area contributed by atoms with Crippen molar-refractivity contribution in [3.05, 3.63) is 24.0 Å². The number of anilines is 1. The molecule has 4 heteroatoms. The Balaban J connectivity index is 2.46. The Hall–Kier alpha value is -0.900. The molecule has 0 radical (unpaired) electrons. The fourth-order valence-electron chi connectivity index (χ4n) is 1.33. The van der Waals surface area contributed by atoms with Gasteiger partial charge in [0.05, 0.1) is 6.61 Å². The molecule has 2 nitrogen and oxygen atoms in total. The van der Waals surface area contributed by atoms with E-state index in [4.69, 9.17) is 4.74 Å². The fraction of sp³-hybridized carbons (Fsp3) is 0.500. The topological polar surface area (TPSA) is 21.3 Å². The van der Waals surface area contributed by atoms with E-state index < -0.39 is 0 Å². The summed E-state index contributed by atoms with van der Waals surface area (Å²) in [7, 11) is 0. The molecule has 0 bridgehead atoms. The van der Waals surface area contributed by atoms with E-state index in [1.54, 1.807) is 6.07 Å². The first kappa shape index (κ1) is 13.2. The third-order valence-electron chi connectivity index (χ3n) is 2.09. The third kappa shape index (κ3) is 4.31. The standard InChI is InChI=1S/C12H18FNOS/c1-3-15-12-6-5-10(9-11(12)13)14-7-4-8-16-2/h5-6,9,14H,3-4,7-8H2,1-2H3. The summed E-state index contributed by atoms with van der Waals surface area (Å²) >= 11 is 1.81. The molecular weight excluding hydrogens is 225 g/mol. The largest absolute Gasteiger partial charge is 0.491 e. The minimum atomic E-state index is -0.309. The Bertz CT molecular complexity index is 320. The van der Waals surface area contributed by atoms with Crippen LogP contribution in [0.1, 0.15) is 13.3 Å². The Kier molecular flexibility index (Phi) is 6.08. The van der Waals surface area contributed by atoms with Gasteiger partial charge in [-0.1, -0.05) is 0 Å². The van der Waals surface area contributed by atoms with Crippen molar-refractivity contribution in [1.82, 2.24) is 0 Å². The highest BCUT2D eigenvalue weighted by atomic mass is 32.2. The summed E-state index contributed by atoms with van der Waals surface area (Å²) in [4.78, 5) is 0. The van der Waals surface area contributed by atoms with Crippen LogP contribution in [0, 0.1) is 5.82 Å². The molecule has 90 valence electrons. The van der Waals surface area contributed by atoms with Crippen molar-refractivity contribution < 1.29 is 9.13 Å². The molecule has 0 amide bonds. The van der Waals surface area contributed by atoms with E-state index in [0.717, 1.165) is 24.4 Å². The van der Waals surface area contributed by atoms with Gasteiger partial charge in [-0.05, 0) is 37.5 Å². The number of rotatable bonds is 7. The van der Waals surface area contributed by atoms with Crippen LogP contribution in [0.15, 0.2) is 18.2 Å². The average Bonchev–Trinajstić information content (AvgIpc) is 2.28. The van der Waals surface area contributed by atoms with Gasteiger partial charge < -0.3 is 10.1 Å². The van der Waals surface area contributed by atoms with Crippen LogP contribution in [0.25, 0.3) is 0 Å². The van der Waals surface area contributed by atoms with Gasteiger partial charge in [-0.25, -0.2) is 4.39 Å². The lowest BCUT2D eigenvalue weighted by molar-refractivity contribution is 0.321. The monoisotopic (exact) mass is 243 g/mol. The molecule has 16 heavy (non-hydrogen) atoms. The summed E-state index contributed by atoms with van der Waals surface area (Å²) in [5, 5.41) is 3.18. The van der Waals surface area contributed by atoms with Gasteiger partial charge in [0.25, 0.3) is 0 Å². The third-order valence-corrected chi connectivity index (χ3v) is 2.78. The van der Waals surface area contributed by atoms with Crippen LogP contribution < -0.4 is 10.1 Å². The predicted octanol–water partition coefficient (Wildman–Crippen LogP) is 3.39. The zero-order valence-corrected chi connectivity index (χ0v) is 10.6. The Morgan fingerprint density at radius 2 is 2.25 bits per heavy atom. The van der Waals surface area contributed by atoms with E-state index in [1.807, 2.05) is 24.8 Å². The summed E-state index contributed by atoms with van der Waals surface area (Å²) in [5.41, 5.74) is 0.807. The average molecular weight is 243 g/mol. The molecule has 0 heterocycles. The highest BCUT2D eigenvalue weighted by Crippen LogP contribution is 2.21. The predicted molar refractivity (Wildman–Crippen MR) is 69.1 cm³/mol. The van der Waals surface area contributed by atoms with Crippen LogP contribution >= 0.6 is 11.8 Å². The first-order valence-electron chi connectivity index (χ1n) is 5.43. The SMILES string of the molecule is CCOc1ccc(NCCCSC)cc1F. The number of thioether (sulfide) groups is 1. The molecule has 0 atom stereocenters. The van der Waals surface area contributed by atoms with E-state index in [0.29, 0.717) is 12.4 Å². The summed E-state index contributed by atoms with van der Waals surface area (Å²) in [6.45, 7) is 3.19. The van der Waals surface area contributed by atoms with Crippen LogP contribution in [-0.4, -0.2) is 25.2 Å².